The minimum atomic E-state index is -0.462. The molecule has 1 amide bonds. The second-order valence-corrected chi connectivity index (χ2v) is 4.74. The van der Waals surface area contributed by atoms with Crippen LogP contribution in [0.5, 0.6) is 5.75 Å². The summed E-state index contributed by atoms with van der Waals surface area (Å²) >= 11 is 0. The molecule has 0 aliphatic carbocycles. The first-order valence-corrected chi connectivity index (χ1v) is 6.59. The summed E-state index contributed by atoms with van der Waals surface area (Å²) in [6.07, 6.45) is 0.470. The first-order chi connectivity index (χ1) is 8.56. The Kier molecular flexibility index (Phi) is 5.69. The van der Waals surface area contributed by atoms with E-state index in [0.29, 0.717) is 12.5 Å². The molecule has 1 aromatic carbocycles. The zero-order chi connectivity index (χ0) is 13.5. The van der Waals surface area contributed by atoms with Gasteiger partial charge in [-0.15, -0.1) is 0 Å². The van der Waals surface area contributed by atoms with Gasteiger partial charge in [-0.2, -0.15) is 0 Å². The third-order valence-electron chi connectivity index (χ3n) is 2.76. The molecule has 0 fully saturated rings. The number of carbonyl (C=O) groups excluding carboxylic acids is 1. The average molecular weight is 249 g/mol. The van der Waals surface area contributed by atoms with Crippen molar-refractivity contribution in [3.05, 3.63) is 29.8 Å². The van der Waals surface area contributed by atoms with E-state index in [1.54, 1.807) is 6.92 Å². The zero-order valence-electron chi connectivity index (χ0n) is 11.7. The van der Waals surface area contributed by atoms with Crippen LogP contribution in [0.4, 0.5) is 0 Å². The third kappa shape index (κ3) is 4.06. The first kappa shape index (κ1) is 14.6. The van der Waals surface area contributed by atoms with E-state index < -0.39 is 6.10 Å². The van der Waals surface area contributed by atoms with Crippen molar-refractivity contribution in [2.45, 2.75) is 46.1 Å². The van der Waals surface area contributed by atoms with Crippen LogP contribution in [0.25, 0.3) is 0 Å². The van der Waals surface area contributed by atoms with Crippen LogP contribution in [0.2, 0.25) is 0 Å². The van der Waals surface area contributed by atoms with Crippen molar-refractivity contribution in [3.8, 4) is 5.75 Å². The molecule has 3 heteroatoms. The zero-order valence-corrected chi connectivity index (χ0v) is 11.7. The second kappa shape index (κ2) is 7.04. The van der Waals surface area contributed by atoms with Crippen molar-refractivity contribution in [1.29, 1.82) is 0 Å². The fourth-order valence-corrected chi connectivity index (χ4v) is 1.70. The number of hydrogen-bond donors (Lipinski definition) is 1. The summed E-state index contributed by atoms with van der Waals surface area (Å²) in [5.74, 6) is 1.12. The van der Waals surface area contributed by atoms with Crippen molar-refractivity contribution in [2.75, 3.05) is 6.54 Å². The van der Waals surface area contributed by atoms with Gasteiger partial charge in [0.1, 0.15) is 5.75 Å². The Morgan fingerprint density at radius 3 is 2.56 bits per heavy atom. The van der Waals surface area contributed by atoms with Gasteiger partial charge < -0.3 is 10.1 Å². The lowest BCUT2D eigenvalue weighted by Crippen LogP contribution is -2.36. The number of hydrogen-bond acceptors (Lipinski definition) is 2. The molecule has 1 atom stereocenters. The van der Waals surface area contributed by atoms with Gasteiger partial charge >= 0.3 is 0 Å². The Hall–Kier alpha value is -1.51. The predicted octanol–water partition coefficient (Wildman–Crippen LogP) is 3.10. The lowest BCUT2D eigenvalue weighted by Gasteiger charge is -2.18. The maximum Gasteiger partial charge on any atom is 0.260 e. The maximum absolute atomic E-state index is 11.8. The molecule has 3 nitrogen and oxygen atoms in total. The molecule has 0 bridgehead atoms. The van der Waals surface area contributed by atoms with Gasteiger partial charge in [-0.25, -0.2) is 0 Å². The van der Waals surface area contributed by atoms with Crippen LogP contribution in [0.1, 0.15) is 45.6 Å². The molecule has 0 aliphatic rings. The molecule has 1 N–H and O–H groups in total. The molecular weight excluding hydrogens is 226 g/mol. The summed E-state index contributed by atoms with van der Waals surface area (Å²) < 4.78 is 5.75. The molecule has 0 aromatic heterocycles. The molecule has 0 aliphatic heterocycles. The van der Waals surface area contributed by atoms with Crippen LogP contribution in [-0.4, -0.2) is 18.6 Å². The topological polar surface area (TPSA) is 38.3 Å². The van der Waals surface area contributed by atoms with Crippen LogP contribution < -0.4 is 10.1 Å². The highest BCUT2D eigenvalue weighted by Crippen LogP contribution is 2.26. The normalized spacial score (nSPS) is 12.3. The molecule has 1 aromatic rings. The van der Waals surface area contributed by atoms with E-state index >= 15 is 0 Å². The highest BCUT2D eigenvalue weighted by atomic mass is 16.5. The smallest absolute Gasteiger partial charge is 0.260 e. The number of nitrogens with one attached hydrogen (secondary N) is 1. The van der Waals surface area contributed by atoms with Gasteiger partial charge in [-0.1, -0.05) is 39.0 Å². The molecule has 0 radical (unpaired) electrons. The summed E-state index contributed by atoms with van der Waals surface area (Å²) in [7, 11) is 0. The Morgan fingerprint density at radius 1 is 1.28 bits per heavy atom. The average Bonchev–Trinajstić information content (AvgIpc) is 2.36. The van der Waals surface area contributed by atoms with Crippen molar-refractivity contribution in [1.82, 2.24) is 5.32 Å². The van der Waals surface area contributed by atoms with Gasteiger partial charge in [0.25, 0.3) is 5.91 Å². The summed E-state index contributed by atoms with van der Waals surface area (Å²) in [4.78, 5) is 11.8. The van der Waals surface area contributed by atoms with Gasteiger partial charge in [0.15, 0.2) is 6.10 Å². The number of para-hydroxylation sites is 1. The molecule has 0 spiro atoms. The summed E-state index contributed by atoms with van der Waals surface area (Å²) in [5.41, 5.74) is 1.13. The van der Waals surface area contributed by atoms with Crippen LogP contribution in [0.15, 0.2) is 24.3 Å². The Bertz CT molecular complexity index is 388. The van der Waals surface area contributed by atoms with E-state index in [2.05, 4.69) is 19.2 Å². The van der Waals surface area contributed by atoms with Crippen molar-refractivity contribution in [2.24, 2.45) is 0 Å². The van der Waals surface area contributed by atoms with Crippen molar-refractivity contribution >= 4 is 5.91 Å². The fraction of sp³-hybridized carbons (Fsp3) is 0.533. The standard InChI is InChI=1S/C15H23NO2/c1-5-10-16-15(17)12(4)18-14-9-7-6-8-13(14)11(2)3/h6-9,11-12H,5,10H2,1-4H3,(H,16,17)/t12-/m1/s1. The van der Waals surface area contributed by atoms with Gasteiger partial charge in [0.2, 0.25) is 0 Å². The van der Waals surface area contributed by atoms with E-state index in [1.807, 2.05) is 31.2 Å². The third-order valence-corrected chi connectivity index (χ3v) is 2.76. The van der Waals surface area contributed by atoms with E-state index in [4.69, 9.17) is 4.74 Å². The Balaban J connectivity index is 2.69. The van der Waals surface area contributed by atoms with Crippen LogP contribution in [0, 0.1) is 0 Å². The molecule has 0 saturated carbocycles. The number of benzene rings is 1. The van der Waals surface area contributed by atoms with Crippen molar-refractivity contribution in [3.63, 3.8) is 0 Å². The van der Waals surface area contributed by atoms with Crippen LogP contribution >= 0.6 is 0 Å². The Morgan fingerprint density at radius 2 is 1.94 bits per heavy atom. The van der Waals surface area contributed by atoms with Crippen LogP contribution in [0.3, 0.4) is 0 Å². The predicted molar refractivity (Wildman–Crippen MR) is 73.9 cm³/mol. The van der Waals surface area contributed by atoms with Crippen LogP contribution in [-0.2, 0) is 4.79 Å². The Labute approximate surface area is 110 Å². The minimum Gasteiger partial charge on any atom is -0.481 e. The number of ether oxygens (including phenoxy) is 1. The molecular formula is C15H23NO2. The van der Waals surface area contributed by atoms with Gasteiger partial charge in [-0.3, -0.25) is 4.79 Å². The summed E-state index contributed by atoms with van der Waals surface area (Å²) in [6, 6.07) is 7.87. The second-order valence-electron chi connectivity index (χ2n) is 4.74. The molecule has 18 heavy (non-hydrogen) atoms. The summed E-state index contributed by atoms with van der Waals surface area (Å²) in [5, 5.41) is 2.84. The SMILES string of the molecule is CCCNC(=O)[C@@H](C)Oc1ccccc1C(C)C. The first-order valence-electron chi connectivity index (χ1n) is 6.59. The monoisotopic (exact) mass is 249 g/mol. The van der Waals surface area contributed by atoms with Gasteiger partial charge in [0.05, 0.1) is 0 Å². The summed E-state index contributed by atoms with van der Waals surface area (Å²) in [6.45, 7) is 8.73. The quantitative estimate of drug-likeness (QED) is 0.841. The highest BCUT2D eigenvalue weighted by molar-refractivity contribution is 5.80. The van der Waals surface area contributed by atoms with E-state index in [1.165, 1.54) is 0 Å². The fourth-order valence-electron chi connectivity index (χ4n) is 1.70. The lowest BCUT2D eigenvalue weighted by molar-refractivity contribution is -0.127. The number of carbonyl (C=O) groups is 1. The molecule has 0 unspecified atom stereocenters. The van der Waals surface area contributed by atoms with E-state index in [0.717, 1.165) is 17.7 Å². The minimum absolute atomic E-state index is 0.0598. The molecule has 0 saturated heterocycles. The lowest BCUT2D eigenvalue weighted by atomic mass is 10.0. The van der Waals surface area contributed by atoms with E-state index in [9.17, 15) is 4.79 Å². The molecule has 0 heterocycles. The number of rotatable bonds is 6. The maximum atomic E-state index is 11.8. The highest BCUT2D eigenvalue weighted by Gasteiger charge is 2.16. The van der Waals surface area contributed by atoms with Gasteiger partial charge in [0, 0.05) is 6.54 Å². The van der Waals surface area contributed by atoms with Gasteiger partial charge in [-0.05, 0) is 30.9 Å². The molecule has 1 rings (SSSR count). The van der Waals surface area contributed by atoms with E-state index in [-0.39, 0.29) is 5.91 Å². The number of amides is 1. The molecule has 100 valence electrons. The largest absolute Gasteiger partial charge is 0.481 e. The van der Waals surface area contributed by atoms with Crippen molar-refractivity contribution < 1.29 is 9.53 Å².